The summed E-state index contributed by atoms with van der Waals surface area (Å²) in [6.45, 7) is -0.669. The second kappa shape index (κ2) is 6.20. The third kappa shape index (κ3) is 3.56. The van der Waals surface area contributed by atoms with E-state index in [2.05, 4.69) is 0 Å². The highest BCUT2D eigenvalue weighted by Gasteiger charge is 2.44. The fourth-order valence-electron chi connectivity index (χ4n) is 2.90. The molecule has 118 valence electrons. The second-order valence-electron chi connectivity index (χ2n) is 5.70. The summed E-state index contributed by atoms with van der Waals surface area (Å²) in [5, 5.41) is 19.4. The molecule has 7 heteroatoms. The van der Waals surface area contributed by atoms with Gasteiger partial charge in [0.05, 0.1) is 29.7 Å². The summed E-state index contributed by atoms with van der Waals surface area (Å²) in [6, 6.07) is 4.20. The monoisotopic (exact) mass is 336 g/mol. The van der Waals surface area contributed by atoms with E-state index in [1.165, 1.54) is 18.2 Å². The Balaban J connectivity index is 2.27. The Morgan fingerprint density at radius 1 is 1.33 bits per heavy atom. The Bertz CT molecular complexity index is 613. The van der Waals surface area contributed by atoms with Crippen LogP contribution in [0.2, 0.25) is 5.02 Å². The van der Waals surface area contributed by atoms with Crippen LogP contribution in [0.4, 0.5) is 4.39 Å². The Morgan fingerprint density at radius 3 is 2.48 bits per heavy atom. The van der Waals surface area contributed by atoms with Crippen LogP contribution in [0.5, 0.6) is 0 Å². The fraction of sp³-hybridized carbons (Fsp3) is 0.571. The molecule has 2 N–H and O–H groups in total. The van der Waals surface area contributed by atoms with Crippen LogP contribution in [0.1, 0.15) is 12.0 Å². The molecule has 0 aliphatic carbocycles. The molecule has 0 radical (unpaired) electrons. The number of aliphatic hydroxyl groups excluding tert-OH is 2. The van der Waals surface area contributed by atoms with Crippen LogP contribution < -0.4 is 0 Å². The Kier molecular flexibility index (Phi) is 4.92. The topological polar surface area (TPSA) is 74.6 Å². The van der Waals surface area contributed by atoms with Gasteiger partial charge in [0, 0.05) is 5.41 Å². The Hall–Kier alpha value is -0.690. The summed E-state index contributed by atoms with van der Waals surface area (Å²) in [5.74, 6) is -0.823. The number of halogens is 2. The number of sulfone groups is 1. The highest BCUT2D eigenvalue weighted by atomic mass is 35.5. The maximum Gasteiger partial charge on any atom is 0.150 e. The van der Waals surface area contributed by atoms with Crippen molar-refractivity contribution >= 4 is 21.4 Å². The first-order valence-corrected chi connectivity index (χ1v) is 8.88. The molecule has 1 heterocycles. The average molecular weight is 337 g/mol. The van der Waals surface area contributed by atoms with Crippen molar-refractivity contribution in [2.24, 2.45) is 11.3 Å². The van der Waals surface area contributed by atoms with Crippen LogP contribution in [0.3, 0.4) is 0 Å². The molecule has 1 aliphatic heterocycles. The molecule has 21 heavy (non-hydrogen) atoms. The summed E-state index contributed by atoms with van der Waals surface area (Å²) in [6.07, 6.45) is 0.665. The fourth-order valence-corrected chi connectivity index (χ4v) is 5.05. The first-order valence-electron chi connectivity index (χ1n) is 6.68. The summed E-state index contributed by atoms with van der Waals surface area (Å²) in [4.78, 5) is 0. The van der Waals surface area contributed by atoms with E-state index < -0.39 is 21.1 Å². The highest BCUT2D eigenvalue weighted by Crippen LogP contribution is 2.38. The Labute approximate surface area is 128 Å². The van der Waals surface area contributed by atoms with E-state index in [4.69, 9.17) is 11.6 Å². The van der Waals surface area contributed by atoms with Crippen molar-refractivity contribution in [1.82, 2.24) is 0 Å². The molecule has 1 unspecified atom stereocenters. The number of hydrogen-bond acceptors (Lipinski definition) is 4. The van der Waals surface area contributed by atoms with Gasteiger partial charge < -0.3 is 10.2 Å². The molecule has 1 aromatic rings. The van der Waals surface area contributed by atoms with Gasteiger partial charge in [0.1, 0.15) is 5.82 Å². The van der Waals surface area contributed by atoms with Crippen molar-refractivity contribution in [1.29, 1.82) is 0 Å². The Morgan fingerprint density at radius 2 is 2.00 bits per heavy atom. The molecule has 0 bridgehead atoms. The summed E-state index contributed by atoms with van der Waals surface area (Å²) in [7, 11) is -3.11. The minimum Gasteiger partial charge on any atom is -0.396 e. The smallest absolute Gasteiger partial charge is 0.150 e. The predicted octanol–water partition coefficient (Wildman–Crippen LogP) is 1.43. The van der Waals surface area contributed by atoms with Crippen molar-refractivity contribution in [3.8, 4) is 0 Å². The molecule has 1 aromatic carbocycles. The minimum absolute atomic E-state index is 0.0312. The van der Waals surface area contributed by atoms with Gasteiger partial charge in [-0.3, -0.25) is 0 Å². The molecular formula is C14H18ClFO4S. The van der Waals surface area contributed by atoms with Gasteiger partial charge in [-0.25, -0.2) is 12.8 Å². The first-order chi connectivity index (χ1) is 9.82. The lowest BCUT2D eigenvalue weighted by atomic mass is 9.72. The van der Waals surface area contributed by atoms with Crippen LogP contribution in [0, 0.1) is 17.2 Å². The second-order valence-corrected chi connectivity index (χ2v) is 8.34. The molecule has 1 atom stereocenters. The molecule has 2 rings (SSSR count). The molecule has 0 spiro atoms. The molecule has 4 nitrogen and oxygen atoms in total. The SMILES string of the molecule is O=S1(=O)CCC(C(CO)(CO)Cc2ccc(F)c(Cl)c2)C1. The zero-order valence-corrected chi connectivity index (χ0v) is 13.0. The molecule has 1 saturated heterocycles. The number of rotatable bonds is 5. The lowest BCUT2D eigenvalue weighted by Gasteiger charge is -2.35. The molecule has 0 amide bonds. The summed E-state index contributed by atoms with van der Waals surface area (Å²) in [5.41, 5.74) is -0.279. The largest absolute Gasteiger partial charge is 0.396 e. The first kappa shape index (κ1) is 16.7. The van der Waals surface area contributed by atoms with Crippen LogP contribution >= 0.6 is 11.6 Å². The van der Waals surface area contributed by atoms with Crippen molar-refractivity contribution in [2.45, 2.75) is 12.8 Å². The minimum atomic E-state index is -3.11. The van der Waals surface area contributed by atoms with E-state index in [9.17, 15) is 23.0 Å². The van der Waals surface area contributed by atoms with Gasteiger partial charge >= 0.3 is 0 Å². The van der Waals surface area contributed by atoms with Crippen molar-refractivity contribution in [3.05, 3.63) is 34.6 Å². The van der Waals surface area contributed by atoms with Crippen LogP contribution in [-0.2, 0) is 16.3 Å². The standard InChI is InChI=1S/C14H18ClFO4S/c15-12-5-10(1-2-13(12)16)6-14(8-17,9-18)11-3-4-21(19,20)7-11/h1-2,5,11,17-18H,3-4,6-9H2. The van der Waals surface area contributed by atoms with E-state index in [0.29, 0.717) is 12.0 Å². The maximum absolute atomic E-state index is 13.2. The number of hydrogen-bond donors (Lipinski definition) is 2. The zero-order valence-electron chi connectivity index (χ0n) is 11.4. The predicted molar refractivity (Wildman–Crippen MR) is 78.5 cm³/mol. The average Bonchev–Trinajstić information content (AvgIpc) is 2.81. The number of benzene rings is 1. The highest BCUT2D eigenvalue weighted by molar-refractivity contribution is 7.91. The summed E-state index contributed by atoms with van der Waals surface area (Å²) >= 11 is 5.74. The van der Waals surface area contributed by atoms with Crippen molar-refractivity contribution < 1.29 is 23.0 Å². The van der Waals surface area contributed by atoms with Gasteiger partial charge in [0.25, 0.3) is 0 Å². The third-order valence-electron chi connectivity index (χ3n) is 4.27. The molecule has 0 aromatic heterocycles. The van der Waals surface area contributed by atoms with E-state index >= 15 is 0 Å². The maximum atomic E-state index is 13.2. The van der Waals surface area contributed by atoms with Crippen LogP contribution in [0.25, 0.3) is 0 Å². The normalized spacial score (nSPS) is 21.6. The van der Waals surface area contributed by atoms with Crippen molar-refractivity contribution in [3.63, 3.8) is 0 Å². The van der Waals surface area contributed by atoms with E-state index in [0.717, 1.165) is 0 Å². The van der Waals surface area contributed by atoms with E-state index in [1.54, 1.807) is 0 Å². The molecular weight excluding hydrogens is 319 g/mol. The number of aliphatic hydroxyl groups is 2. The van der Waals surface area contributed by atoms with Gasteiger partial charge in [0.2, 0.25) is 0 Å². The van der Waals surface area contributed by atoms with Gasteiger partial charge in [-0.1, -0.05) is 17.7 Å². The van der Waals surface area contributed by atoms with Crippen LogP contribution in [0.15, 0.2) is 18.2 Å². The lowest BCUT2D eigenvalue weighted by Crippen LogP contribution is -2.41. The molecule has 1 aliphatic rings. The van der Waals surface area contributed by atoms with Gasteiger partial charge in [-0.2, -0.15) is 0 Å². The van der Waals surface area contributed by atoms with Gasteiger partial charge in [-0.05, 0) is 36.5 Å². The van der Waals surface area contributed by atoms with Crippen molar-refractivity contribution in [2.75, 3.05) is 24.7 Å². The van der Waals surface area contributed by atoms with Gasteiger partial charge in [-0.15, -0.1) is 0 Å². The third-order valence-corrected chi connectivity index (χ3v) is 6.33. The van der Waals surface area contributed by atoms with E-state index in [1.807, 2.05) is 0 Å². The lowest BCUT2D eigenvalue weighted by molar-refractivity contribution is 0.0124. The molecule has 1 fully saturated rings. The van der Waals surface area contributed by atoms with Crippen LogP contribution in [-0.4, -0.2) is 43.4 Å². The molecule has 0 saturated carbocycles. The quantitative estimate of drug-likeness (QED) is 0.853. The summed E-state index contributed by atoms with van der Waals surface area (Å²) < 4.78 is 36.5. The van der Waals surface area contributed by atoms with E-state index in [-0.39, 0.29) is 42.1 Å². The zero-order chi connectivity index (χ0) is 15.7. The van der Waals surface area contributed by atoms with Gasteiger partial charge in [0.15, 0.2) is 9.84 Å².